The summed E-state index contributed by atoms with van der Waals surface area (Å²) < 4.78 is 64.9. The molecule has 192 valence electrons. The number of halogens is 3. The van der Waals surface area contributed by atoms with Gasteiger partial charge in [0, 0.05) is 10.6 Å². The third-order valence-electron chi connectivity index (χ3n) is 6.59. The number of aromatic nitrogens is 2. The first kappa shape index (κ1) is 25.1. The number of likely N-dealkylation sites (tertiary alicyclic amines) is 1. The van der Waals surface area contributed by atoms with Crippen LogP contribution < -0.4 is 4.31 Å². The van der Waals surface area contributed by atoms with Gasteiger partial charge in [-0.15, -0.1) is 10.2 Å². The van der Waals surface area contributed by atoms with E-state index in [1.807, 2.05) is 0 Å². The van der Waals surface area contributed by atoms with Gasteiger partial charge in [-0.05, 0) is 61.8 Å². The summed E-state index contributed by atoms with van der Waals surface area (Å²) in [4.78, 5) is 2.30. The Bertz CT molecular complexity index is 1290. The second kappa shape index (κ2) is 10.4. The van der Waals surface area contributed by atoms with Crippen LogP contribution in [0, 0.1) is 0 Å². The maximum atomic E-state index is 13.9. The highest BCUT2D eigenvalue weighted by Gasteiger charge is 2.38. The van der Waals surface area contributed by atoms with Gasteiger partial charge in [-0.1, -0.05) is 29.8 Å². The molecule has 2 fully saturated rings. The number of rotatable bonds is 8. The van der Waals surface area contributed by atoms with Gasteiger partial charge in [0.05, 0.1) is 36.7 Å². The minimum Gasteiger partial charge on any atom is -0.415 e. The van der Waals surface area contributed by atoms with Crippen LogP contribution in [-0.4, -0.2) is 61.1 Å². The molecule has 2 aliphatic heterocycles. The summed E-state index contributed by atoms with van der Waals surface area (Å²) in [5.41, 5.74) is 1.66. The molecule has 3 heterocycles. The SMILES string of the molecule is O=S(=O)(C1CCN(C2COC2)CC1)N(Cc1ccc(-c2nnc(C(F)F)o2)cc1)c1cccc(Cl)c1. The number of piperidine rings is 1. The fourth-order valence-corrected chi connectivity index (χ4v) is 6.56. The zero-order valence-corrected chi connectivity index (χ0v) is 20.8. The molecule has 0 spiro atoms. The number of hydrogen-bond donors (Lipinski definition) is 0. The maximum Gasteiger partial charge on any atom is 0.314 e. The first-order chi connectivity index (χ1) is 17.3. The molecule has 1 aromatic heterocycles. The van der Waals surface area contributed by atoms with Crippen molar-refractivity contribution in [3.63, 3.8) is 0 Å². The van der Waals surface area contributed by atoms with E-state index < -0.39 is 27.6 Å². The van der Waals surface area contributed by atoms with Crippen molar-refractivity contribution in [3.8, 4) is 11.5 Å². The molecule has 0 amide bonds. The van der Waals surface area contributed by atoms with Gasteiger partial charge in [0.15, 0.2) is 0 Å². The smallest absolute Gasteiger partial charge is 0.314 e. The third-order valence-corrected chi connectivity index (χ3v) is 9.10. The van der Waals surface area contributed by atoms with Crippen molar-refractivity contribution in [1.29, 1.82) is 0 Å². The van der Waals surface area contributed by atoms with Crippen molar-refractivity contribution in [2.75, 3.05) is 30.6 Å². The molecule has 5 rings (SSSR count). The molecule has 0 unspecified atom stereocenters. The van der Waals surface area contributed by atoms with Gasteiger partial charge in [0.2, 0.25) is 15.9 Å². The number of ether oxygens (including phenoxy) is 1. The summed E-state index contributed by atoms with van der Waals surface area (Å²) in [6, 6.07) is 13.9. The average Bonchev–Trinajstić information content (AvgIpc) is 3.33. The molecule has 0 N–H and O–H groups in total. The van der Waals surface area contributed by atoms with Gasteiger partial charge in [0.25, 0.3) is 5.89 Å². The lowest BCUT2D eigenvalue weighted by Crippen LogP contribution is -2.54. The maximum absolute atomic E-state index is 13.9. The van der Waals surface area contributed by atoms with E-state index in [1.54, 1.807) is 48.5 Å². The summed E-state index contributed by atoms with van der Waals surface area (Å²) >= 11 is 6.20. The van der Waals surface area contributed by atoms with Gasteiger partial charge >= 0.3 is 6.43 Å². The number of alkyl halides is 2. The predicted molar refractivity (Wildman–Crippen MR) is 130 cm³/mol. The fourth-order valence-electron chi connectivity index (χ4n) is 4.47. The van der Waals surface area contributed by atoms with Gasteiger partial charge in [-0.3, -0.25) is 9.21 Å². The third kappa shape index (κ3) is 5.24. The number of anilines is 1. The Labute approximate surface area is 212 Å². The van der Waals surface area contributed by atoms with Crippen molar-refractivity contribution in [3.05, 3.63) is 65.0 Å². The van der Waals surface area contributed by atoms with E-state index in [1.165, 1.54) is 4.31 Å². The molecule has 12 heteroatoms. The van der Waals surface area contributed by atoms with E-state index in [2.05, 4.69) is 15.1 Å². The Hall–Kier alpha value is -2.60. The van der Waals surface area contributed by atoms with E-state index in [0.717, 1.165) is 0 Å². The highest BCUT2D eigenvalue weighted by atomic mass is 35.5. The molecule has 2 aromatic carbocycles. The van der Waals surface area contributed by atoms with E-state index in [4.69, 9.17) is 20.8 Å². The van der Waals surface area contributed by atoms with Crippen LogP contribution in [0.25, 0.3) is 11.5 Å². The Kier molecular flexibility index (Phi) is 7.25. The standard InChI is InChI=1S/C24H25ClF2N4O4S/c25-18-2-1-3-19(12-18)31(36(32,33)21-8-10-30(11-9-21)20-14-34-15-20)13-16-4-6-17(7-5-16)23-28-29-24(35-23)22(26)27/h1-7,12,20-22H,8-11,13-15H2. The summed E-state index contributed by atoms with van der Waals surface area (Å²) in [5.74, 6) is -0.775. The van der Waals surface area contributed by atoms with Crippen LogP contribution >= 0.6 is 11.6 Å². The molecule has 0 radical (unpaired) electrons. The van der Waals surface area contributed by atoms with Crippen molar-refractivity contribution >= 4 is 27.3 Å². The van der Waals surface area contributed by atoms with Gasteiger partial charge < -0.3 is 9.15 Å². The summed E-state index contributed by atoms with van der Waals surface area (Å²) in [6.45, 7) is 2.91. The molecule has 3 aromatic rings. The normalized spacial score (nSPS) is 17.9. The number of nitrogens with zero attached hydrogens (tertiary/aromatic N) is 4. The summed E-state index contributed by atoms with van der Waals surface area (Å²) in [7, 11) is -3.71. The quantitative estimate of drug-likeness (QED) is 0.416. The lowest BCUT2D eigenvalue weighted by molar-refractivity contribution is -0.0695. The minimum absolute atomic E-state index is 0.0280. The van der Waals surface area contributed by atoms with E-state index in [-0.39, 0.29) is 12.4 Å². The van der Waals surface area contributed by atoms with Crippen LogP contribution in [0.3, 0.4) is 0 Å². The van der Waals surface area contributed by atoms with Crippen LogP contribution in [0.4, 0.5) is 14.5 Å². The topological polar surface area (TPSA) is 88.8 Å². The molecule has 0 atom stereocenters. The first-order valence-corrected chi connectivity index (χ1v) is 13.5. The Morgan fingerprint density at radius 3 is 2.39 bits per heavy atom. The van der Waals surface area contributed by atoms with E-state index >= 15 is 0 Å². The van der Waals surface area contributed by atoms with Gasteiger partial charge in [0.1, 0.15) is 0 Å². The van der Waals surface area contributed by atoms with Crippen molar-refractivity contribution in [2.45, 2.75) is 37.1 Å². The van der Waals surface area contributed by atoms with E-state index in [0.29, 0.717) is 67.0 Å². The predicted octanol–water partition coefficient (Wildman–Crippen LogP) is 4.53. The lowest BCUT2D eigenvalue weighted by Gasteiger charge is -2.42. The second-order valence-electron chi connectivity index (χ2n) is 8.90. The average molecular weight is 539 g/mol. The second-order valence-corrected chi connectivity index (χ2v) is 11.5. The number of benzene rings is 2. The number of hydrogen-bond acceptors (Lipinski definition) is 7. The Morgan fingerprint density at radius 1 is 1.08 bits per heavy atom. The highest BCUT2D eigenvalue weighted by molar-refractivity contribution is 7.93. The monoisotopic (exact) mass is 538 g/mol. The number of sulfonamides is 1. The zero-order chi connectivity index (χ0) is 25.3. The molecule has 0 saturated carbocycles. The lowest BCUT2D eigenvalue weighted by atomic mass is 10.1. The largest absolute Gasteiger partial charge is 0.415 e. The molecule has 8 nitrogen and oxygen atoms in total. The van der Waals surface area contributed by atoms with Gasteiger partial charge in [-0.25, -0.2) is 8.42 Å². The van der Waals surface area contributed by atoms with Crippen LogP contribution in [0.1, 0.15) is 30.7 Å². The fraction of sp³-hybridized carbons (Fsp3) is 0.417. The van der Waals surface area contributed by atoms with Crippen molar-refractivity contribution < 1.29 is 26.4 Å². The Morgan fingerprint density at radius 2 is 1.81 bits per heavy atom. The molecule has 2 aliphatic rings. The van der Waals surface area contributed by atoms with Crippen molar-refractivity contribution in [2.24, 2.45) is 0 Å². The summed E-state index contributed by atoms with van der Waals surface area (Å²) in [6.07, 6.45) is -1.77. The zero-order valence-electron chi connectivity index (χ0n) is 19.3. The van der Waals surface area contributed by atoms with Crippen LogP contribution in [0.5, 0.6) is 0 Å². The van der Waals surface area contributed by atoms with Crippen LogP contribution in [0.2, 0.25) is 5.02 Å². The molecular weight excluding hydrogens is 514 g/mol. The molecule has 0 bridgehead atoms. The summed E-state index contributed by atoms with van der Waals surface area (Å²) in [5, 5.41) is 6.92. The van der Waals surface area contributed by atoms with Crippen LogP contribution in [0.15, 0.2) is 52.9 Å². The van der Waals surface area contributed by atoms with Gasteiger partial charge in [-0.2, -0.15) is 8.78 Å². The Balaban J connectivity index is 1.37. The van der Waals surface area contributed by atoms with Crippen molar-refractivity contribution in [1.82, 2.24) is 15.1 Å². The van der Waals surface area contributed by atoms with Crippen LogP contribution in [-0.2, 0) is 21.3 Å². The highest BCUT2D eigenvalue weighted by Crippen LogP contribution is 2.31. The minimum atomic E-state index is -3.71. The first-order valence-electron chi connectivity index (χ1n) is 11.6. The molecule has 2 saturated heterocycles. The molecular formula is C24H25ClF2N4O4S. The van der Waals surface area contributed by atoms with E-state index in [9.17, 15) is 17.2 Å². The molecule has 0 aliphatic carbocycles. The molecule has 36 heavy (non-hydrogen) atoms.